The number of aliphatic hydroxyl groups excluding tert-OH is 1. The van der Waals surface area contributed by atoms with Crippen LogP contribution in [0.25, 0.3) is 0 Å². The van der Waals surface area contributed by atoms with E-state index in [4.69, 9.17) is 0 Å². The quantitative estimate of drug-likeness (QED) is 0.819. The average Bonchev–Trinajstić information content (AvgIpc) is 2.58. The summed E-state index contributed by atoms with van der Waals surface area (Å²) in [5.74, 6) is 0.0330. The zero-order valence-corrected chi connectivity index (χ0v) is 16.9. The average molecular weight is 383 g/mol. The Morgan fingerprint density at radius 1 is 1.19 bits per heavy atom. The van der Waals surface area contributed by atoms with Gasteiger partial charge in [-0.25, -0.2) is 8.42 Å². The van der Waals surface area contributed by atoms with Crippen LogP contribution in [-0.4, -0.2) is 56.3 Å². The number of amides is 1. The normalized spacial score (nSPS) is 20.8. The number of carbonyl (C=O) groups is 1. The van der Waals surface area contributed by atoms with E-state index >= 15 is 0 Å². The molecule has 1 aliphatic rings. The predicted molar refractivity (Wildman–Crippen MR) is 104 cm³/mol. The fourth-order valence-corrected chi connectivity index (χ4v) is 4.24. The zero-order valence-electron chi connectivity index (χ0n) is 16.1. The molecule has 0 bridgehead atoms. The molecule has 1 amide bonds. The highest BCUT2D eigenvalue weighted by Gasteiger charge is 2.31. The number of aliphatic hydroxyl groups is 1. The van der Waals surface area contributed by atoms with Crippen LogP contribution in [0, 0.1) is 0 Å². The summed E-state index contributed by atoms with van der Waals surface area (Å²) in [5.41, 5.74) is 1.58. The minimum Gasteiger partial charge on any atom is -0.391 e. The van der Waals surface area contributed by atoms with E-state index in [0.717, 1.165) is 35.4 Å². The van der Waals surface area contributed by atoms with Crippen LogP contribution in [0.5, 0.6) is 0 Å². The first-order chi connectivity index (χ1) is 12.1. The van der Waals surface area contributed by atoms with Gasteiger partial charge < -0.3 is 10.0 Å². The molecule has 2 rings (SSSR count). The Hall–Kier alpha value is -1.60. The Labute approximate surface area is 156 Å². The van der Waals surface area contributed by atoms with Gasteiger partial charge in [0.25, 0.3) is 0 Å². The van der Waals surface area contributed by atoms with Gasteiger partial charge in [-0.3, -0.25) is 9.10 Å². The number of hydrogen-bond donors (Lipinski definition) is 1. The molecule has 0 aliphatic heterocycles. The van der Waals surface area contributed by atoms with Gasteiger partial charge in [0.1, 0.15) is 6.54 Å². The monoisotopic (exact) mass is 382 g/mol. The van der Waals surface area contributed by atoms with E-state index in [0.29, 0.717) is 18.0 Å². The number of hydrogen-bond acceptors (Lipinski definition) is 4. The lowest BCUT2D eigenvalue weighted by atomic mass is 9.91. The van der Waals surface area contributed by atoms with Crippen LogP contribution in [0.1, 0.15) is 51.0 Å². The van der Waals surface area contributed by atoms with Gasteiger partial charge in [-0.05, 0) is 36.5 Å². The number of rotatable bonds is 6. The molecule has 146 valence electrons. The number of sulfonamides is 1. The molecule has 1 aromatic carbocycles. The molecule has 26 heavy (non-hydrogen) atoms. The molecule has 1 fully saturated rings. The Kier molecular flexibility index (Phi) is 6.69. The molecule has 0 saturated heterocycles. The van der Waals surface area contributed by atoms with Gasteiger partial charge in [0, 0.05) is 7.05 Å². The smallest absolute Gasteiger partial charge is 0.243 e. The summed E-state index contributed by atoms with van der Waals surface area (Å²) in [6, 6.07) is 6.99. The third-order valence-electron chi connectivity index (χ3n) is 5.11. The summed E-state index contributed by atoms with van der Waals surface area (Å²) in [6.45, 7) is 3.87. The molecule has 6 nitrogen and oxygen atoms in total. The zero-order chi connectivity index (χ0) is 19.5. The van der Waals surface area contributed by atoms with Gasteiger partial charge in [0.15, 0.2) is 0 Å². The van der Waals surface area contributed by atoms with Crippen molar-refractivity contribution in [1.82, 2.24) is 4.90 Å². The third kappa shape index (κ3) is 4.98. The van der Waals surface area contributed by atoms with Crippen molar-refractivity contribution in [2.24, 2.45) is 0 Å². The van der Waals surface area contributed by atoms with Crippen LogP contribution in [0.3, 0.4) is 0 Å². The van der Waals surface area contributed by atoms with E-state index in [1.54, 1.807) is 19.2 Å². The molecular formula is C19H30N2O4S. The van der Waals surface area contributed by atoms with Crippen molar-refractivity contribution in [2.45, 2.75) is 57.6 Å². The van der Waals surface area contributed by atoms with Gasteiger partial charge in [-0.2, -0.15) is 0 Å². The molecule has 1 saturated carbocycles. The summed E-state index contributed by atoms with van der Waals surface area (Å²) in [6.07, 6.45) is 3.89. The van der Waals surface area contributed by atoms with Crippen LogP contribution >= 0.6 is 0 Å². The second-order valence-electron chi connectivity index (χ2n) is 7.44. The summed E-state index contributed by atoms with van der Waals surface area (Å²) in [4.78, 5) is 14.2. The lowest BCUT2D eigenvalue weighted by molar-refractivity contribution is -0.133. The van der Waals surface area contributed by atoms with Crippen molar-refractivity contribution in [3.63, 3.8) is 0 Å². The molecule has 2 atom stereocenters. The standard InChI is InChI=1S/C19H30N2O4S/c1-14(2)15-9-11-16(12-10-15)21(26(4,24)25)13-19(23)20(3)17-7-5-6-8-18(17)22/h9-12,14,17-18,22H,5-8,13H2,1-4H3. The van der Waals surface area contributed by atoms with Crippen molar-refractivity contribution in [3.05, 3.63) is 29.8 Å². The third-order valence-corrected chi connectivity index (χ3v) is 6.25. The summed E-state index contributed by atoms with van der Waals surface area (Å²) in [7, 11) is -1.96. The Morgan fingerprint density at radius 3 is 2.27 bits per heavy atom. The minimum absolute atomic E-state index is 0.249. The molecular weight excluding hydrogens is 352 g/mol. The van der Waals surface area contributed by atoms with Crippen molar-refractivity contribution >= 4 is 21.6 Å². The Morgan fingerprint density at radius 2 is 1.77 bits per heavy atom. The topological polar surface area (TPSA) is 77.9 Å². The maximum absolute atomic E-state index is 12.7. The Balaban J connectivity index is 2.18. The lowest BCUT2D eigenvalue weighted by Gasteiger charge is -2.36. The largest absolute Gasteiger partial charge is 0.391 e. The molecule has 1 aromatic rings. The predicted octanol–water partition coefficient (Wildman–Crippen LogP) is 2.34. The van der Waals surface area contributed by atoms with Crippen LogP contribution in [0.4, 0.5) is 5.69 Å². The second kappa shape index (κ2) is 8.39. The number of benzene rings is 1. The van der Waals surface area contributed by atoms with E-state index in [9.17, 15) is 18.3 Å². The highest BCUT2D eigenvalue weighted by atomic mass is 32.2. The molecule has 0 radical (unpaired) electrons. The first kappa shape index (κ1) is 20.7. The fraction of sp³-hybridized carbons (Fsp3) is 0.632. The van der Waals surface area contributed by atoms with Gasteiger partial charge in [-0.15, -0.1) is 0 Å². The lowest BCUT2D eigenvalue weighted by Crippen LogP contribution is -2.50. The van der Waals surface area contributed by atoms with Crippen molar-refractivity contribution in [2.75, 3.05) is 24.2 Å². The molecule has 0 spiro atoms. The first-order valence-electron chi connectivity index (χ1n) is 9.12. The van der Waals surface area contributed by atoms with E-state index in [1.807, 2.05) is 12.1 Å². The van der Waals surface area contributed by atoms with Crippen LogP contribution in [0.15, 0.2) is 24.3 Å². The highest BCUT2D eigenvalue weighted by molar-refractivity contribution is 7.92. The van der Waals surface area contributed by atoms with E-state index in [1.165, 1.54) is 4.90 Å². The number of carbonyl (C=O) groups excluding carboxylic acids is 1. The van der Waals surface area contributed by atoms with Crippen molar-refractivity contribution in [3.8, 4) is 0 Å². The van der Waals surface area contributed by atoms with Crippen LogP contribution in [-0.2, 0) is 14.8 Å². The van der Waals surface area contributed by atoms with Gasteiger partial charge in [0.05, 0.1) is 24.1 Å². The minimum atomic E-state index is -3.60. The molecule has 0 heterocycles. The molecule has 0 aromatic heterocycles. The SMILES string of the molecule is CC(C)c1ccc(N(CC(=O)N(C)C2CCCCC2O)S(C)(=O)=O)cc1. The number of likely N-dealkylation sites (N-methyl/N-ethyl adjacent to an activating group) is 1. The maximum Gasteiger partial charge on any atom is 0.243 e. The highest BCUT2D eigenvalue weighted by Crippen LogP contribution is 2.25. The van der Waals surface area contributed by atoms with Crippen molar-refractivity contribution in [1.29, 1.82) is 0 Å². The van der Waals surface area contributed by atoms with Gasteiger partial charge >= 0.3 is 0 Å². The number of anilines is 1. The molecule has 2 unspecified atom stereocenters. The first-order valence-corrected chi connectivity index (χ1v) is 11.0. The van der Waals surface area contributed by atoms with E-state index in [-0.39, 0.29) is 18.5 Å². The Bertz CT molecular complexity index is 716. The number of nitrogens with zero attached hydrogens (tertiary/aromatic N) is 2. The summed E-state index contributed by atoms with van der Waals surface area (Å²) >= 11 is 0. The molecule has 7 heteroatoms. The van der Waals surface area contributed by atoms with Crippen molar-refractivity contribution < 1.29 is 18.3 Å². The van der Waals surface area contributed by atoms with Gasteiger partial charge in [-0.1, -0.05) is 38.8 Å². The van der Waals surface area contributed by atoms with Crippen LogP contribution in [0.2, 0.25) is 0 Å². The van der Waals surface area contributed by atoms with E-state index in [2.05, 4.69) is 13.8 Å². The fourth-order valence-electron chi connectivity index (χ4n) is 3.39. The maximum atomic E-state index is 12.7. The van der Waals surface area contributed by atoms with Crippen LogP contribution < -0.4 is 4.31 Å². The molecule has 1 aliphatic carbocycles. The summed E-state index contributed by atoms with van der Waals surface area (Å²) in [5, 5.41) is 10.2. The van der Waals surface area contributed by atoms with E-state index < -0.39 is 16.1 Å². The molecule has 1 N–H and O–H groups in total. The second-order valence-corrected chi connectivity index (χ2v) is 9.35. The van der Waals surface area contributed by atoms with Gasteiger partial charge in [0.2, 0.25) is 15.9 Å². The summed E-state index contributed by atoms with van der Waals surface area (Å²) < 4.78 is 25.6.